The largest absolute Gasteiger partial charge is 0.310 e. The van der Waals surface area contributed by atoms with E-state index >= 15 is 0 Å². The van der Waals surface area contributed by atoms with Crippen LogP contribution in [0.5, 0.6) is 0 Å². The summed E-state index contributed by atoms with van der Waals surface area (Å²) in [7, 11) is 0. The third-order valence-electron chi connectivity index (χ3n) is 25.1. The summed E-state index contributed by atoms with van der Waals surface area (Å²) in [5.74, 6) is 0. The van der Waals surface area contributed by atoms with Crippen LogP contribution in [0.1, 0.15) is 26.3 Å². The molecule has 0 aliphatic carbocycles. The molecule has 19 aromatic carbocycles. The molecule has 0 bridgehead atoms. The first-order valence-corrected chi connectivity index (χ1v) is 42.5. The van der Waals surface area contributed by atoms with Gasteiger partial charge in [0.2, 0.25) is 0 Å². The van der Waals surface area contributed by atoms with Gasteiger partial charge in [-0.05, 0) is 230 Å². The first-order valence-electron chi connectivity index (χ1n) is 42.5. The Kier molecular flexibility index (Phi) is 18.3. The highest BCUT2D eigenvalue weighted by Gasteiger charge is 2.46. The zero-order valence-corrected chi connectivity index (χ0v) is 68.2. The standard InChI is InChI=1S/C118H84BN3/c1-118(2,3)99-76-113-115-114(77-99)122(117-104(90-47-27-11-28-48-90)73-98(83-41-21-8-22-42-83)74-105(117)91-49-29-12-30-50-91)112-78-100(120-109-52-32-31-51-101(109)106-70-92(61-65-110(106)120)81-37-17-6-18-38-81)63-64-107(112)119(115)108-75-93(62-66-111(108)121(113)116-102(88-43-23-9-24-44-88)71-97(82-39-19-7-20-40-82)72-103(116)89-45-25-10-26-46-89)96-68-94(86-57-53-84(54-58-86)79-33-13-4-14-34-79)67-95(69-96)87-59-55-85(56-60-87)80-35-15-5-16-36-80/h4-78H,1-3H3. The fraction of sp³-hybridized carbons (Fsp3) is 0.0339. The van der Waals surface area contributed by atoms with Gasteiger partial charge < -0.3 is 14.4 Å². The lowest BCUT2D eigenvalue weighted by Gasteiger charge is -2.46. The van der Waals surface area contributed by atoms with Crippen molar-refractivity contribution in [3.8, 4) is 139 Å². The molecule has 0 atom stereocenters. The fourth-order valence-corrected chi connectivity index (χ4v) is 19.1. The Morgan fingerprint density at radius 2 is 0.500 bits per heavy atom. The summed E-state index contributed by atoms with van der Waals surface area (Å²) in [4.78, 5) is 5.44. The lowest BCUT2D eigenvalue weighted by atomic mass is 9.33. The van der Waals surface area contributed by atoms with Gasteiger partial charge in [-0.25, -0.2) is 0 Å². The van der Waals surface area contributed by atoms with E-state index in [9.17, 15) is 0 Å². The maximum absolute atomic E-state index is 2.73. The molecule has 0 fully saturated rings. The van der Waals surface area contributed by atoms with Crippen molar-refractivity contribution in [2.24, 2.45) is 0 Å². The summed E-state index contributed by atoms with van der Waals surface area (Å²) < 4.78 is 2.53. The predicted octanol–water partition coefficient (Wildman–Crippen LogP) is 30.2. The Morgan fingerprint density at radius 3 is 0.910 bits per heavy atom. The van der Waals surface area contributed by atoms with Gasteiger partial charge in [-0.3, -0.25) is 0 Å². The molecule has 0 amide bonds. The van der Waals surface area contributed by atoms with Gasteiger partial charge in [0.25, 0.3) is 6.71 Å². The van der Waals surface area contributed by atoms with Crippen LogP contribution in [0.2, 0.25) is 0 Å². The SMILES string of the molecule is CC(C)(C)c1cc2c3c(c1)N(c1c(-c4ccccc4)cc(-c4ccccc4)cc1-c1ccccc1)c1cc(-n4c5ccccc5c5cc(-c6ccccc6)ccc54)ccc1B3c1cc(-c3cc(-c4ccc(-c5ccccc5)cc4)cc(-c4ccc(-c5ccccc5)cc4)c3)ccc1N2c1c(-c2ccccc2)cc(-c2ccccc2)cc1-c1ccccc1. The lowest BCUT2D eigenvalue weighted by molar-refractivity contribution is 0.590. The molecule has 0 saturated carbocycles. The summed E-state index contributed by atoms with van der Waals surface area (Å²) in [6.07, 6.45) is 0. The van der Waals surface area contributed by atoms with Gasteiger partial charge in [0.05, 0.1) is 22.4 Å². The molecule has 574 valence electrons. The second-order valence-corrected chi connectivity index (χ2v) is 33.5. The van der Waals surface area contributed by atoms with Crippen LogP contribution >= 0.6 is 0 Å². The highest BCUT2D eigenvalue weighted by Crippen LogP contribution is 2.56. The highest BCUT2D eigenvalue weighted by molar-refractivity contribution is 7.00. The Labute approximate surface area is 714 Å². The van der Waals surface area contributed by atoms with Crippen molar-refractivity contribution in [2.75, 3.05) is 9.80 Å². The van der Waals surface area contributed by atoms with Crippen LogP contribution in [0, 0.1) is 0 Å². The number of hydrogen-bond donors (Lipinski definition) is 0. The molecule has 20 aromatic rings. The molecular weight excluding hydrogens is 1470 g/mol. The fourth-order valence-electron chi connectivity index (χ4n) is 19.1. The molecule has 22 rings (SSSR count). The minimum atomic E-state index is -0.373. The summed E-state index contributed by atoms with van der Waals surface area (Å²) in [5, 5.41) is 2.40. The van der Waals surface area contributed by atoms with Crippen LogP contribution in [0.25, 0.3) is 161 Å². The molecule has 0 saturated heterocycles. The molecule has 0 unspecified atom stereocenters. The van der Waals surface area contributed by atoms with Crippen LogP contribution < -0.4 is 26.2 Å². The van der Waals surface area contributed by atoms with Gasteiger partial charge >= 0.3 is 0 Å². The molecule has 122 heavy (non-hydrogen) atoms. The Hall–Kier alpha value is -15.4. The number of para-hydroxylation sites is 1. The van der Waals surface area contributed by atoms with E-state index in [1.54, 1.807) is 0 Å². The first kappa shape index (κ1) is 73.1. The number of rotatable bonds is 15. The average molecular weight is 1550 g/mol. The molecule has 1 aromatic heterocycles. The minimum absolute atomic E-state index is 0.335. The Bertz CT molecular complexity index is 7110. The molecule has 2 aliphatic rings. The van der Waals surface area contributed by atoms with Crippen molar-refractivity contribution >= 4 is 79.0 Å². The average Bonchev–Trinajstić information content (AvgIpc) is 0.797. The molecule has 0 N–H and O–H groups in total. The van der Waals surface area contributed by atoms with E-state index in [0.29, 0.717) is 0 Å². The van der Waals surface area contributed by atoms with Gasteiger partial charge in [0.1, 0.15) is 0 Å². The zero-order valence-electron chi connectivity index (χ0n) is 68.2. The van der Waals surface area contributed by atoms with E-state index in [1.807, 2.05) is 0 Å². The van der Waals surface area contributed by atoms with Crippen molar-refractivity contribution in [3.05, 3.63) is 461 Å². The third kappa shape index (κ3) is 13.1. The lowest BCUT2D eigenvalue weighted by Crippen LogP contribution is -2.61. The second-order valence-electron chi connectivity index (χ2n) is 33.5. The minimum Gasteiger partial charge on any atom is -0.310 e. The number of anilines is 6. The van der Waals surface area contributed by atoms with Gasteiger partial charge in [-0.2, -0.15) is 0 Å². The van der Waals surface area contributed by atoms with Gasteiger partial charge in [-0.1, -0.05) is 385 Å². The van der Waals surface area contributed by atoms with Gasteiger partial charge in [0.15, 0.2) is 0 Å². The summed E-state index contributed by atoms with van der Waals surface area (Å²) in [6, 6.07) is 171. The van der Waals surface area contributed by atoms with E-state index in [1.165, 1.54) is 66.1 Å². The molecular formula is C118H84BN3. The molecule has 3 heterocycles. The van der Waals surface area contributed by atoms with Crippen molar-refractivity contribution in [3.63, 3.8) is 0 Å². The smallest absolute Gasteiger partial charge is 0.252 e. The molecule has 3 nitrogen and oxygen atoms in total. The second kappa shape index (κ2) is 30.5. The van der Waals surface area contributed by atoms with Gasteiger partial charge in [0, 0.05) is 61.5 Å². The molecule has 0 radical (unpaired) electrons. The van der Waals surface area contributed by atoms with Crippen molar-refractivity contribution in [2.45, 2.75) is 26.2 Å². The van der Waals surface area contributed by atoms with E-state index < -0.39 is 0 Å². The summed E-state index contributed by atoms with van der Waals surface area (Å²) in [5.41, 5.74) is 41.9. The van der Waals surface area contributed by atoms with E-state index in [0.717, 1.165) is 151 Å². The maximum Gasteiger partial charge on any atom is 0.252 e. The summed E-state index contributed by atoms with van der Waals surface area (Å²) in [6.45, 7) is 6.85. The number of hydrogen-bond acceptors (Lipinski definition) is 2. The predicted molar refractivity (Wildman–Crippen MR) is 519 cm³/mol. The number of benzene rings is 19. The zero-order chi connectivity index (χ0) is 81.4. The van der Waals surface area contributed by atoms with Crippen LogP contribution in [0.3, 0.4) is 0 Å². The third-order valence-corrected chi connectivity index (χ3v) is 25.1. The van der Waals surface area contributed by atoms with Crippen molar-refractivity contribution < 1.29 is 0 Å². The maximum atomic E-state index is 2.73. The van der Waals surface area contributed by atoms with Crippen LogP contribution in [0.15, 0.2) is 455 Å². The number of nitrogens with zero attached hydrogens (tertiary/aromatic N) is 3. The van der Waals surface area contributed by atoms with Gasteiger partial charge in [-0.15, -0.1) is 0 Å². The van der Waals surface area contributed by atoms with E-state index in [-0.39, 0.29) is 12.1 Å². The van der Waals surface area contributed by atoms with Crippen molar-refractivity contribution in [1.29, 1.82) is 0 Å². The Balaban J connectivity index is 0.876. The van der Waals surface area contributed by atoms with E-state index in [2.05, 4.69) is 490 Å². The number of fused-ring (bicyclic) bond motifs is 7. The van der Waals surface area contributed by atoms with Crippen LogP contribution in [-0.2, 0) is 5.41 Å². The summed E-state index contributed by atoms with van der Waals surface area (Å²) >= 11 is 0. The molecule has 0 spiro atoms. The highest BCUT2D eigenvalue weighted by atomic mass is 15.2. The van der Waals surface area contributed by atoms with Crippen LogP contribution in [0.4, 0.5) is 34.1 Å². The van der Waals surface area contributed by atoms with Crippen molar-refractivity contribution in [1.82, 2.24) is 4.57 Å². The number of aromatic nitrogens is 1. The molecule has 4 heteroatoms. The topological polar surface area (TPSA) is 11.4 Å². The Morgan fingerprint density at radius 1 is 0.197 bits per heavy atom. The normalized spacial score (nSPS) is 12.2. The molecule has 2 aliphatic heterocycles. The quantitative estimate of drug-likeness (QED) is 0.0948. The monoisotopic (exact) mass is 1550 g/mol. The van der Waals surface area contributed by atoms with E-state index in [4.69, 9.17) is 0 Å². The van der Waals surface area contributed by atoms with Crippen LogP contribution in [-0.4, -0.2) is 11.3 Å². The first-order chi connectivity index (χ1) is 60.1.